The Balaban J connectivity index is 1.87. The average Bonchev–Trinajstić information content (AvgIpc) is 2.91. The van der Waals surface area contributed by atoms with Crippen molar-refractivity contribution in [2.45, 2.75) is 56.6 Å². The van der Waals surface area contributed by atoms with Crippen LogP contribution >= 0.6 is 11.8 Å². The molecule has 2 atom stereocenters. The van der Waals surface area contributed by atoms with Gasteiger partial charge in [-0.25, -0.2) is 0 Å². The van der Waals surface area contributed by atoms with Gasteiger partial charge >= 0.3 is 0 Å². The summed E-state index contributed by atoms with van der Waals surface area (Å²) < 4.78 is 5.40. The number of nitrogens with zero attached hydrogens (tertiary/aromatic N) is 1. The van der Waals surface area contributed by atoms with Crippen molar-refractivity contribution in [2.75, 3.05) is 12.9 Å². The molecule has 0 saturated carbocycles. The van der Waals surface area contributed by atoms with Crippen molar-refractivity contribution in [3.8, 4) is 5.75 Å². The molecule has 0 spiro atoms. The first-order valence-electron chi connectivity index (χ1n) is 12.4. The second kappa shape index (κ2) is 14.3. The number of hydrogen-bond acceptors (Lipinski definition) is 4. The van der Waals surface area contributed by atoms with Crippen LogP contribution in [0.1, 0.15) is 37.8 Å². The Bertz CT molecular complexity index is 1090. The summed E-state index contributed by atoms with van der Waals surface area (Å²) in [6.07, 6.45) is 1.61. The van der Waals surface area contributed by atoms with E-state index in [9.17, 15) is 9.59 Å². The zero-order valence-corrected chi connectivity index (χ0v) is 22.2. The van der Waals surface area contributed by atoms with E-state index in [0.29, 0.717) is 25.1 Å². The van der Waals surface area contributed by atoms with E-state index >= 15 is 0 Å². The van der Waals surface area contributed by atoms with Crippen molar-refractivity contribution in [3.05, 3.63) is 96.1 Å². The number of carbonyl (C=O) groups excluding carboxylic acids is 2. The number of benzene rings is 3. The van der Waals surface area contributed by atoms with Gasteiger partial charge in [0.2, 0.25) is 11.8 Å². The van der Waals surface area contributed by atoms with Gasteiger partial charge in [-0.2, -0.15) is 0 Å². The summed E-state index contributed by atoms with van der Waals surface area (Å²) in [6, 6.07) is 27.0. The van der Waals surface area contributed by atoms with E-state index in [1.165, 1.54) is 0 Å². The van der Waals surface area contributed by atoms with Crippen LogP contribution in [0.5, 0.6) is 5.75 Å². The number of amides is 2. The van der Waals surface area contributed by atoms with E-state index in [2.05, 4.69) is 5.32 Å². The van der Waals surface area contributed by atoms with E-state index in [1.807, 2.05) is 98.8 Å². The molecule has 0 fully saturated rings. The minimum atomic E-state index is -0.623. The Morgan fingerprint density at radius 3 is 2.28 bits per heavy atom. The Labute approximate surface area is 219 Å². The van der Waals surface area contributed by atoms with Crippen molar-refractivity contribution >= 4 is 23.6 Å². The molecule has 0 saturated heterocycles. The van der Waals surface area contributed by atoms with Crippen LogP contribution in [-0.2, 0) is 22.6 Å². The van der Waals surface area contributed by atoms with Crippen LogP contribution in [0.15, 0.2) is 89.8 Å². The van der Waals surface area contributed by atoms with Gasteiger partial charge in [0.25, 0.3) is 0 Å². The lowest BCUT2D eigenvalue weighted by Gasteiger charge is -2.32. The van der Waals surface area contributed by atoms with E-state index in [0.717, 1.165) is 28.2 Å². The third-order valence-electron chi connectivity index (χ3n) is 6.09. The molecule has 0 aliphatic heterocycles. The topological polar surface area (TPSA) is 58.6 Å². The highest BCUT2D eigenvalue weighted by atomic mass is 32.2. The maximum absolute atomic E-state index is 13.7. The maximum Gasteiger partial charge on any atom is 0.243 e. The normalized spacial score (nSPS) is 12.4. The molecule has 0 aliphatic carbocycles. The molecule has 0 radical (unpaired) electrons. The SMILES string of the molecule is CC[C@H](C)NC(=O)[C@@H](Cc1ccccc1)N(Cc1cccc(OC)c1)C(=O)CCSc1ccccc1. The summed E-state index contributed by atoms with van der Waals surface area (Å²) in [6.45, 7) is 4.36. The van der Waals surface area contributed by atoms with Crippen molar-refractivity contribution in [1.29, 1.82) is 0 Å². The summed E-state index contributed by atoms with van der Waals surface area (Å²) in [7, 11) is 1.63. The lowest BCUT2D eigenvalue weighted by molar-refractivity contribution is -0.141. The molecular weight excluding hydrogens is 468 g/mol. The van der Waals surface area contributed by atoms with Crippen molar-refractivity contribution in [3.63, 3.8) is 0 Å². The van der Waals surface area contributed by atoms with Gasteiger partial charge in [0.05, 0.1) is 7.11 Å². The van der Waals surface area contributed by atoms with Crippen LogP contribution in [0.4, 0.5) is 0 Å². The number of carbonyl (C=O) groups is 2. The minimum Gasteiger partial charge on any atom is -0.497 e. The Morgan fingerprint density at radius 1 is 0.944 bits per heavy atom. The summed E-state index contributed by atoms with van der Waals surface area (Å²) in [5.74, 6) is 1.20. The zero-order valence-electron chi connectivity index (χ0n) is 21.4. The molecule has 0 unspecified atom stereocenters. The van der Waals surface area contributed by atoms with E-state index in [1.54, 1.807) is 23.8 Å². The van der Waals surface area contributed by atoms with Gasteiger partial charge in [-0.1, -0.05) is 67.6 Å². The van der Waals surface area contributed by atoms with Crippen LogP contribution in [0, 0.1) is 0 Å². The van der Waals surface area contributed by atoms with Crippen molar-refractivity contribution < 1.29 is 14.3 Å². The van der Waals surface area contributed by atoms with Crippen LogP contribution < -0.4 is 10.1 Å². The summed E-state index contributed by atoms with van der Waals surface area (Å²) in [5.41, 5.74) is 1.94. The van der Waals surface area contributed by atoms with Gasteiger partial charge in [-0.15, -0.1) is 11.8 Å². The molecule has 5 nitrogen and oxygen atoms in total. The Kier molecular flexibility index (Phi) is 10.9. The first-order valence-corrected chi connectivity index (χ1v) is 13.4. The number of thioether (sulfide) groups is 1. The summed E-state index contributed by atoms with van der Waals surface area (Å²) in [5, 5.41) is 3.11. The van der Waals surface area contributed by atoms with Crippen molar-refractivity contribution in [2.24, 2.45) is 0 Å². The molecule has 0 aliphatic rings. The third-order valence-corrected chi connectivity index (χ3v) is 7.10. The number of rotatable bonds is 13. The molecule has 6 heteroatoms. The monoisotopic (exact) mass is 504 g/mol. The first-order chi connectivity index (χ1) is 17.5. The fourth-order valence-corrected chi connectivity index (χ4v) is 4.74. The Hall–Kier alpha value is -3.25. The van der Waals surface area contributed by atoms with E-state index < -0.39 is 6.04 Å². The second-order valence-corrected chi connectivity index (χ2v) is 9.98. The minimum absolute atomic E-state index is 0.0261. The predicted octanol–water partition coefficient (Wildman–Crippen LogP) is 5.73. The van der Waals surface area contributed by atoms with Gasteiger partial charge in [-0.05, 0) is 48.7 Å². The molecule has 190 valence electrons. The molecule has 3 aromatic rings. The fraction of sp³-hybridized carbons (Fsp3) is 0.333. The lowest BCUT2D eigenvalue weighted by Crippen LogP contribution is -2.52. The molecule has 3 aromatic carbocycles. The largest absolute Gasteiger partial charge is 0.497 e. The molecule has 1 N–H and O–H groups in total. The highest BCUT2D eigenvalue weighted by molar-refractivity contribution is 7.99. The summed E-state index contributed by atoms with van der Waals surface area (Å²) in [4.78, 5) is 30.1. The van der Waals surface area contributed by atoms with Gasteiger partial charge in [0, 0.05) is 36.1 Å². The summed E-state index contributed by atoms with van der Waals surface area (Å²) >= 11 is 1.65. The van der Waals surface area contributed by atoms with Gasteiger partial charge in [0.1, 0.15) is 11.8 Å². The average molecular weight is 505 g/mol. The molecule has 36 heavy (non-hydrogen) atoms. The predicted molar refractivity (Wildman–Crippen MR) is 147 cm³/mol. The highest BCUT2D eigenvalue weighted by Crippen LogP contribution is 2.22. The van der Waals surface area contributed by atoms with Crippen molar-refractivity contribution in [1.82, 2.24) is 10.2 Å². The van der Waals surface area contributed by atoms with Crippen LogP contribution in [0.25, 0.3) is 0 Å². The molecule has 0 bridgehead atoms. The zero-order chi connectivity index (χ0) is 25.8. The third kappa shape index (κ3) is 8.45. The smallest absolute Gasteiger partial charge is 0.243 e. The van der Waals surface area contributed by atoms with Gasteiger partial charge in [0.15, 0.2) is 0 Å². The van der Waals surface area contributed by atoms with Crippen LogP contribution in [0.2, 0.25) is 0 Å². The maximum atomic E-state index is 13.7. The molecular formula is C30H36N2O3S. The number of ether oxygens (including phenoxy) is 1. The lowest BCUT2D eigenvalue weighted by atomic mass is 10.0. The fourth-order valence-electron chi connectivity index (χ4n) is 3.88. The highest BCUT2D eigenvalue weighted by Gasteiger charge is 2.30. The molecule has 0 aromatic heterocycles. The quantitative estimate of drug-likeness (QED) is 0.302. The second-order valence-electron chi connectivity index (χ2n) is 8.81. The number of hydrogen-bond donors (Lipinski definition) is 1. The van der Waals surface area contributed by atoms with Crippen LogP contribution in [0.3, 0.4) is 0 Å². The van der Waals surface area contributed by atoms with E-state index in [-0.39, 0.29) is 17.9 Å². The molecule has 2 amide bonds. The Morgan fingerprint density at radius 2 is 1.61 bits per heavy atom. The van der Waals surface area contributed by atoms with Gasteiger partial charge in [-0.3, -0.25) is 9.59 Å². The first kappa shape index (κ1) is 27.3. The molecule has 3 rings (SSSR count). The van der Waals surface area contributed by atoms with Gasteiger partial charge < -0.3 is 15.0 Å². The van der Waals surface area contributed by atoms with E-state index in [4.69, 9.17) is 4.74 Å². The number of methoxy groups -OCH3 is 1. The van der Waals surface area contributed by atoms with Crippen LogP contribution in [-0.4, -0.2) is 41.7 Å². The standard InChI is InChI=1S/C30H36N2O3S/c1-4-23(2)31-30(34)28(21-24-12-7-5-8-13-24)32(22-25-14-11-15-26(20-25)35-3)29(33)18-19-36-27-16-9-6-10-17-27/h5-17,20,23,28H,4,18-19,21-22H2,1-3H3,(H,31,34)/t23-,28+/m0/s1. The molecule has 0 heterocycles. The number of nitrogens with one attached hydrogen (secondary N) is 1.